The Balaban J connectivity index is 1.50. The van der Waals surface area contributed by atoms with Gasteiger partial charge < -0.3 is 44.3 Å². The molecular formula is C41H49F2NO13S. The van der Waals surface area contributed by atoms with Crippen molar-refractivity contribution in [3.8, 4) is 0 Å². The molecule has 17 heteroatoms. The first-order valence-electron chi connectivity index (χ1n) is 18.9. The number of fused-ring (bicyclic) bond motifs is 5. The highest BCUT2D eigenvalue weighted by molar-refractivity contribution is 7.10. The number of alkyl carbamates (subject to hydrolysis) is 1. The molecule has 0 radical (unpaired) electrons. The largest absolute Gasteiger partial charge is 0.455 e. The second kappa shape index (κ2) is 14.8. The zero-order valence-electron chi connectivity index (χ0n) is 33.4. The Kier molecular flexibility index (Phi) is 11.0. The second-order valence-corrected chi connectivity index (χ2v) is 18.3. The first-order chi connectivity index (χ1) is 26.8. The number of benzene rings is 1. The summed E-state index contributed by atoms with van der Waals surface area (Å²) in [6.07, 6.45) is -10.8. The van der Waals surface area contributed by atoms with Crippen molar-refractivity contribution in [3.05, 3.63) is 69.4 Å². The smallest absolute Gasteiger partial charge is 0.408 e. The normalized spacial score (nSPS) is 33.5. The van der Waals surface area contributed by atoms with Gasteiger partial charge >= 0.3 is 29.9 Å². The average Bonchev–Trinajstić information content (AvgIpc) is 3.66. The highest BCUT2D eigenvalue weighted by atomic mass is 32.1. The first kappa shape index (κ1) is 43.3. The van der Waals surface area contributed by atoms with Crippen molar-refractivity contribution < 1.29 is 71.8 Å². The van der Waals surface area contributed by atoms with E-state index in [4.69, 9.17) is 23.7 Å². The van der Waals surface area contributed by atoms with Crippen molar-refractivity contribution in [2.75, 3.05) is 6.61 Å². The number of alkyl halides is 2. The molecule has 1 amide bonds. The van der Waals surface area contributed by atoms with Gasteiger partial charge in [0.25, 0.3) is 0 Å². The van der Waals surface area contributed by atoms with Gasteiger partial charge in [0.1, 0.15) is 41.7 Å². The van der Waals surface area contributed by atoms with Gasteiger partial charge in [-0.25, -0.2) is 14.4 Å². The summed E-state index contributed by atoms with van der Waals surface area (Å²) in [5.41, 5.74) is -9.54. The van der Waals surface area contributed by atoms with Gasteiger partial charge in [-0.2, -0.15) is 8.78 Å². The van der Waals surface area contributed by atoms with E-state index in [9.17, 15) is 39.3 Å². The summed E-state index contributed by atoms with van der Waals surface area (Å²) >= 11 is 0.831. The van der Waals surface area contributed by atoms with E-state index in [1.807, 2.05) is 0 Å². The lowest BCUT2D eigenvalue weighted by Crippen LogP contribution is -2.81. The molecule has 10 atom stereocenters. The Morgan fingerprint density at radius 1 is 1.02 bits per heavy atom. The maximum Gasteiger partial charge on any atom is 0.408 e. The summed E-state index contributed by atoms with van der Waals surface area (Å²) in [6.45, 7) is 10.9. The third-order valence-electron chi connectivity index (χ3n) is 12.3. The number of esters is 3. The molecule has 2 saturated carbocycles. The molecular weight excluding hydrogens is 785 g/mol. The molecule has 2 heterocycles. The summed E-state index contributed by atoms with van der Waals surface area (Å²) in [4.78, 5) is 68.3. The van der Waals surface area contributed by atoms with E-state index < -0.39 is 112 Å². The van der Waals surface area contributed by atoms with Gasteiger partial charge in [-0.3, -0.25) is 9.59 Å². The van der Waals surface area contributed by atoms with E-state index in [0.717, 1.165) is 18.3 Å². The summed E-state index contributed by atoms with van der Waals surface area (Å²) in [5, 5.41) is 40.8. The van der Waals surface area contributed by atoms with Crippen LogP contribution in [0, 0.1) is 16.7 Å². The number of hydrogen-bond acceptors (Lipinski definition) is 14. The van der Waals surface area contributed by atoms with Crippen molar-refractivity contribution in [1.82, 2.24) is 5.32 Å². The molecule has 14 nitrogen and oxygen atoms in total. The van der Waals surface area contributed by atoms with Crippen LogP contribution in [0.1, 0.15) is 89.5 Å². The molecule has 316 valence electrons. The minimum absolute atomic E-state index is 0.0146. The standard InChI is InChI=1S/C41H49F2NO13S/c1-20-23(54-34(50)41(42,43)30(24-15-12-16-58-24)44-35(51)57-36(3,4)5)18-40(52)32(55-33(49)22-13-10-9-11-14-22)29-38(8,31(48)28(47)27(20)37(40,6)7)25(46)17-26-39(29,19-53-26)56-21(2)45/h9-16,23,25-26,28-30,32,46-47,52H,17-19H2,1-8H3,(H,44,51)/t23-,25-,26+,28+,29-,30?,32-,38+,39-,40+/m0/s1. The predicted octanol–water partition coefficient (Wildman–Crippen LogP) is 4.60. The number of halogens is 2. The van der Waals surface area contributed by atoms with E-state index in [0.29, 0.717) is 0 Å². The molecule has 0 spiro atoms. The Labute approximate surface area is 337 Å². The van der Waals surface area contributed by atoms with Crippen LogP contribution in [0.4, 0.5) is 13.6 Å². The van der Waals surface area contributed by atoms with E-state index >= 15 is 8.78 Å². The summed E-state index contributed by atoms with van der Waals surface area (Å²) in [6, 6.07) is 8.07. The molecule has 6 rings (SSSR count). The van der Waals surface area contributed by atoms with Crippen LogP contribution in [0.25, 0.3) is 0 Å². The number of hydrogen-bond donors (Lipinski definition) is 4. The summed E-state index contributed by atoms with van der Waals surface area (Å²) < 4.78 is 61.7. The number of carbonyl (C=O) groups is 5. The second-order valence-electron chi connectivity index (χ2n) is 17.3. The highest BCUT2D eigenvalue weighted by Gasteiger charge is 2.78. The third kappa shape index (κ3) is 6.91. The van der Waals surface area contributed by atoms with Crippen molar-refractivity contribution in [1.29, 1.82) is 0 Å². The maximum atomic E-state index is 16.5. The van der Waals surface area contributed by atoms with Gasteiger partial charge in [-0.1, -0.05) is 38.1 Å². The summed E-state index contributed by atoms with van der Waals surface area (Å²) in [5.74, 6) is -11.1. The molecule has 3 aliphatic carbocycles. The maximum absolute atomic E-state index is 16.5. The topological polar surface area (TPSA) is 204 Å². The van der Waals surface area contributed by atoms with E-state index in [1.165, 1.54) is 78.1 Å². The number of nitrogens with one attached hydrogen (secondary N) is 1. The van der Waals surface area contributed by atoms with E-state index in [1.54, 1.807) is 18.2 Å². The lowest BCUT2D eigenvalue weighted by atomic mass is 9.44. The predicted molar refractivity (Wildman–Crippen MR) is 200 cm³/mol. The summed E-state index contributed by atoms with van der Waals surface area (Å²) in [7, 11) is 0. The molecule has 3 fully saturated rings. The molecule has 1 aromatic carbocycles. The van der Waals surface area contributed by atoms with Gasteiger partial charge in [0.2, 0.25) is 0 Å². The lowest BCUT2D eigenvalue weighted by molar-refractivity contribution is -0.346. The van der Waals surface area contributed by atoms with Gasteiger partial charge in [-0.15, -0.1) is 11.3 Å². The molecule has 2 bridgehead atoms. The molecule has 1 aliphatic heterocycles. The highest BCUT2D eigenvalue weighted by Crippen LogP contribution is 2.64. The van der Waals surface area contributed by atoms with Crippen LogP contribution in [0.5, 0.6) is 0 Å². The van der Waals surface area contributed by atoms with Gasteiger partial charge in [0, 0.05) is 30.1 Å². The van der Waals surface area contributed by atoms with Crippen LogP contribution in [0.2, 0.25) is 0 Å². The molecule has 58 heavy (non-hydrogen) atoms. The van der Waals surface area contributed by atoms with Gasteiger partial charge in [0.05, 0.1) is 29.6 Å². The lowest BCUT2D eigenvalue weighted by Gasteiger charge is -2.67. The minimum atomic E-state index is -4.47. The van der Waals surface area contributed by atoms with Crippen molar-refractivity contribution in [3.63, 3.8) is 0 Å². The Morgan fingerprint density at radius 2 is 1.67 bits per heavy atom. The Bertz CT molecular complexity index is 2000. The SMILES string of the molecule is CC(=O)O[C@@]12CO[C@@H]1C[C@H](O)[C@@]1(C)C(=O)[C@H](O)C3=C(C)[C@@H](OC(=O)C(F)(F)C(NC(=O)OC(C)(C)C)c4cccs4)C[C@@](O)([C@@H](OC(=O)c4ccccc4)[C@H]21)C3(C)C. The molecule has 2 aromatic rings. The van der Waals surface area contributed by atoms with E-state index in [-0.39, 0.29) is 34.6 Å². The fourth-order valence-corrected chi connectivity index (χ4v) is 10.1. The van der Waals surface area contributed by atoms with Crippen LogP contribution in [-0.2, 0) is 38.1 Å². The quantitative estimate of drug-likeness (QED) is 0.163. The molecule has 4 aliphatic rings. The average molecular weight is 834 g/mol. The number of amides is 1. The van der Waals surface area contributed by atoms with E-state index in [2.05, 4.69) is 5.32 Å². The van der Waals surface area contributed by atoms with Crippen LogP contribution in [-0.4, -0.2) is 105 Å². The molecule has 1 saturated heterocycles. The van der Waals surface area contributed by atoms with Gasteiger partial charge in [-0.05, 0) is 69.3 Å². The Morgan fingerprint density at radius 3 is 2.22 bits per heavy atom. The first-order valence-corrected chi connectivity index (χ1v) is 19.7. The third-order valence-corrected chi connectivity index (χ3v) is 13.2. The number of ketones is 1. The van der Waals surface area contributed by atoms with Crippen LogP contribution in [0.3, 0.4) is 0 Å². The van der Waals surface area contributed by atoms with Crippen molar-refractivity contribution >= 4 is 41.1 Å². The monoisotopic (exact) mass is 833 g/mol. The van der Waals surface area contributed by atoms with Crippen molar-refractivity contribution in [2.24, 2.45) is 16.7 Å². The zero-order valence-corrected chi connectivity index (χ0v) is 34.2. The minimum Gasteiger partial charge on any atom is -0.455 e. The number of thiophene rings is 1. The fourth-order valence-electron chi connectivity index (χ4n) is 9.32. The molecule has 1 unspecified atom stereocenters. The number of carbonyl (C=O) groups excluding carboxylic acids is 5. The van der Waals surface area contributed by atoms with Gasteiger partial charge in [0.15, 0.2) is 11.4 Å². The van der Waals surface area contributed by atoms with Crippen LogP contribution in [0.15, 0.2) is 59.0 Å². The number of aliphatic hydroxyl groups excluding tert-OH is 2. The number of rotatable bonds is 8. The van der Waals surface area contributed by atoms with Crippen LogP contribution >= 0.6 is 11.3 Å². The number of Topliss-reactive ketones (excluding diaryl/α,β-unsaturated/α-hetero) is 1. The Hall–Kier alpha value is -4.29. The fraction of sp³-hybridized carbons (Fsp3) is 0.585. The number of aliphatic hydroxyl groups is 3. The number of ether oxygens (including phenoxy) is 5. The molecule has 1 aromatic heterocycles. The molecule has 4 N–H and O–H groups in total. The zero-order chi connectivity index (χ0) is 43.0. The van der Waals surface area contributed by atoms with Crippen molar-refractivity contribution in [2.45, 2.75) is 128 Å². The van der Waals surface area contributed by atoms with Crippen LogP contribution < -0.4 is 5.32 Å².